The number of hydrogen-bond acceptors (Lipinski definition) is 5. The van der Waals surface area contributed by atoms with E-state index in [4.69, 9.17) is 18.9 Å². The van der Waals surface area contributed by atoms with Gasteiger partial charge in [-0.05, 0) is 60.9 Å². The lowest BCUT2D eigenvalue weighted by Gasteiger charge is -2.19. The number of methoxy groups -OCH3 is 1. The fraction of sp³-hybridized carbons (Fsp3) is 0.296. The minimum atomic E-state index is -0.376. The van der Waals surface area contributed by atoms with E-state index in [1.807, 2.05) is 36.4 Å². The summed E-state index contributed by atoms with van der Waals surface area (Å²) in [5.74, 6) is 1.85. The van der Waals surface area contributed by atoms with Crippen molar-refractivity contribution in [3.05, 3.63) is 88.4 Å². The van der Waals surface area contributed by atoms with E-state index < -0.39 is 0 Å². The van der Waals surface area contributed by atoms with Crippen LogP contribution in [0.1, 0.15) is 37.2 Å². The lowest BCUT2D eigenvalue weighted by molar-refractivity contribution is -0.141. The highest BCUT2D eigenvalue weighted by molar-refractivity contribution is 9.10. The third-order valence-electron chi connectivity index (χ3n) is 5.80. The second kappa shape index (κ2) is 10.9. The molecule has 0 saturated carbocycles. The normalized spacial score (nSPS) is 21.6. The van der Waals surface area contributed by atoms with Crippen molar-refractivity contribution in [3.63, 3.8) is 0 Å². The van der Waals surface area contributed by atoms with Crippen LogP contribution in [0.4, 0.5) is 4.39 Å². The molecule has 0 saturated heterocycles. The van der Waals surface area contributed by atoms with Gasteiger partial charge in [-0.2, -0.15) is 0 Å². The molecule has 0 unspecified atom stereocenters. The van der Waals surface area contributed by atoms with Gasteiger partial charge in [0.2, 0.25) is 0 Å². The SMILES string of the molecule is C=C1CC[C@@H](Oc2ccc3c(c2)OC[C@H]3CC(=O)OC)C/C(F)=C\C=C1Oc1ccc(Br)cc1. The molecule has 0 amide bonds. The van der Waals surface area contributed by atoms with Crippen LogP contribution in [-0.4, -0.2) is 25.8 Å². The summed E-state index contributed by atoms with van der Waals surface area (Å²) in [7, 11) is 1.38. The molecule has 0 aromatic heterocycles. The summed E-state index contributed by atoms with van der Waals surface area (Å²) in [5.41, 5.74) is 1.72. The zero-order chi connectivity index (χ0) is 24.1. The van der Waals surface area contributed by atoms with E-state index in [2.05, 4.69) is 22.5 Å². The van der Waals surface area contributed by atoms with Crippen LogP contribution in [0.15, 0.2) is 82.8 Å². The minimum Gasteiger partial charge on any atom is -0.492 e. The number of carbonyl (C=O) groups is 1. The molecule has 5 nitrogen and oxygen atoms in total. The van der Waals surface area contributed by atoms with Crippen molar-refractivity contribution in [3.8, 4) is 17.2 Å². The Labute approximate surface area is 207 Å². The molecular formula is C27H26BrFO5. The van der Waals surface area contributed by atoms with Gasteiger partial charge < -0.3 is 18.9 Å². The molecule has 2 aromatic carbocycles. The number of rotatable bonds is 6. The van der Waals surface area contributed by atoms with E-state index in [0.29, 0.717) is 42.5 Å². The summed E-state index contributed by atoms with van der Waals surface area (Å²) < 4.78 is 38.2. The van der Waals surface area contributed by atoms with E-state index in [1.165, 1.54) is 13.2 Å². The number of carbonyl (C=O) groups excluding carboxylic acids is 1. The summed E-state index contributed by atoms with van der Waals surface area (Å²) in [6.45, 7) is 4.56. The van der Waals surface area contributed by atoms with Crippen molar-refractivity contribution in [2.75, 3.05) is 13.7 Å². The Hall–Kier alpha value is -3.06. The van der Waals surface area contributed by atoms with E-state index in [9.17, 15) is 9.18 Å². The first-order valence-electron chi connectivity index (χ1n) is 11.1. The highest BCUT2D eigenvalue weighted by Crippen LogP contribution is 2.39. The van der Waals surface area contributed by atoms with Crippen molar-refractivity contribution < 1.29 is 28.1 Å². The monoisotopic (exact) mass is 528 g/mol. The molecule has 178 valence electrons. The molecule has 0 N–H and O–H groups in total. The second-order valence-corrected chi connectivity index (χ2v) is 9.19. The maximum atomic E-state index is 14.7. The minimum absolute atomic E-state index is 0.0414. The largest absolute Gasteiger partial charge is 0.492 e. The lowest BCUT2D eigenvalue weighted by atomic mass is 9.98. The van der Waals surface area contributed by atoms with E-state index >= 15 is 0 Å². The molecule has 0 radical (unpaired) electrons. The number of esters is 1. The number of ether oxygens (including phenoxy) is 4. The number of halogens is 2. The lowest BCUT2D eigenvalue weighted by Crippen LogP contribution is -2.17. The first-order chi connectivity index (χ1) is 16.4. The van der Waals surface area contributed by atoms with Crippen LogP contribution in [0.25, 0.3) is 0 Å². The van der Waals surface area contributed by atoms with Crippen LogP contribution in [0.5, 0.6) is 17.2 Å². The van der Waals surface area contributed by atoms with Gasteiger partial charge in [0.05, 0.1) is 20.1 Å². The van der Waals surface area contributed by atoms with Crippen molar-refractivity contribution in [2.45, 2.75) is 37.7 Å². The van der Waals surface area contributed by atoms with Crippen molar-refractivity contribution in [2.24, 2.45) is 0 Å². The molecule has 4 rings (SSSR count). The Morgan fingerprint density at radius 1 is 1.18 bits per heavy atom. The average molecular weight is 529 g/mol. The Morgan fingerprint density at radius 2 is 1.94 bits per heavy atom. The summed E-state index contributed by atoms with van der Waals surface area (Å²) in [6.07, 6.45) is 4.22. The topological polar surface area (TPSA) is 54.0 Å². The summed E-state index contributed by atoms with van der Waals surface area (Å²) >= 11 is 3.40. The molecule has 1 heterocycles. The smallest absolute Gasteiger partial charge is 0.306 e. The van der Waals surface area contributed by atoms with Gasteiger partial charge in [0.1, 0.15) is 34.9 Å². The Morgan fingerprint density at radius 3 is 2.71 bits per heavy atom. The maximum absolute atomic E-state index is 14.7. The van der Waals surface area contributed by atoms with Crippen LogP contribution in [0.3, 0.4) is 0 Å². The van der Waals surface area contributed by atoms with Gasteiger partial charge in [-0.1, -0.05) is 28.6 Å². The zero-order valence-corrected chi connectivity index (χ0v) is 20.5. The van der Waals surface area contributed by atoms with E-state index in [0.717, 1.165) is 15.6 Å². The molecule has 34 heavy (non-hydrogen) atoms. The number of allylic oxidation sites excluding steroid dienone is 3. The van der Waals surface area contributed by atoms with Crippen molar-refractivity contribution >= 4 is 21.9 Å². The van der Waals surface area contributed by atoms with Gasteiger partial charge in [0, 0.05) is 28.4 Å². The van der Waals surface area contributed by atoms with Gasteiger partial charge in [0.15, 0.2) is 0 Å². The predicted molar refractivity (Wildman–Crippen MR) is 131 cm³/mol. The predicted octanol–water partition coefficient (Wildman–Crippen LogP) is 6.79. The molecule has 1 aliphatic heterocycles. The van der Waals surface area contributed by atoms with Crippen LogP contribution in [0.2, 0.25) is 0 Å². The highest BCUT2D eigenvalue weighted by Gasteiger charge is 2.27. The molecule has 0 fully saturated rings. The van der Waals surface area contributed by atoms with Gasteiger partial charge in [0.25, 0.3) is 0 Å². The number of fused-ring (bicyclic) bond motifs is 1. The number of benzene rings is 2. The van der Waals surface area contributed by atoms with Gasteiger partial charge in [-0.3, -0.25) is 4.79 Å². The van der Waals surface area contributed by atoms with Crippen molar-refractivity contribution in [1.29, 1.82) is 0 Å². The molecular weight excluding hydrogens is 503 g/mol. The third-order valence-corrected chi connectivity index (χ3v) is 6.33. The molecule has 7 heteroatoms. The Bertz CT molecular complexity index is 1120. The van der Waals surface area contributed by atoms with E-state index in [1.54, 1.807) is 12.1 Å². The van der Waals surface area contributed by atoms with Gasteiger partial charge in [-0.15, -0.1) is 0 Å². The highest BCUT2D eigenvalue weighted by atomic mass is 79.9. The average Bonchev–Trinajstić information content (AvgIpc) is 3.24. The van der Waals surface area contributed by atoms with Crippen LogP contribution in [0, 0.1) is 0 Å². The Kier molecular flexibility index (Phi) is 7.73. The second-order valence-electron chi connectivity index (χ2n) is 8.27. The van der Waals surface area contributed by atoms with Crippen LogP contribution < -0.4 is 14.2 Å². The molecule has 0 spiro atoms. The molecule has 2 aromatic rings. The van der Waals surface area contributed by atoms with Crippen molar-refractivity contribution in [1.82, 2.24) is 0 Å². The fourth-order valence-electron chi connectivity index (χ4n) is 3.94. The first-order valence-corrected chi connectivity index (χ1v) is 11.9. The summed E-state index contributed by atoms with van der Waals surface area (Å²) in [6, 6.07) is 13.0. The summed E-state index contributed by atoms with van der Waals surface area (Å²) in [5, 5.41) is 0. The van der Waals surface area contributed by atoms with Crippen LogP contribution >= 0.6 is 15.9 Å². The van der Waals surface area contributed by atoms with Gasteiger partial charge in [-0.25, -0.2) is 4.39 Å². The standard InChI is InChI=1S/C27H26BrFO5/c1-17-3-7-22(14-20(29)6-12-25(17)34-21-8-4-19(28)5-9-21)33-23-10-11-24-18(13-27(30)31-2)16-32-26(24)15-23/h4-6,8-12,15,18,22H,1,3,7,13-14,16H2,2H3/b20-6+,25-12?/t18-,22-/m1/s1. The molecule has 2 aliphatic rings. The third kappa shape index (κ3) is 6.08. The number of hydrogen-bond donors (Lipinski definition) is 0. The first kappa shape index (κ1) is 24.1. The summed E-state index contributed by atoms with van der Waals surface area (Å²) in [4.78, 5) is 11.6. The van der Waals surface area contributed by atoms with Gasteiger partial charge >= 0.3 is 5.97 Å². The Balaban J connectivity index is 1.41. The quantitative estimate of drug-likeness (QED) is 0.386. The zero-order valence-electron chi connectivity index (χ0n) is 18.9. The molecule has 0 bridgehead atoms. The molecule has 1 aliphatic carbocycles. The fourth-order valence-corrected chi connectivity index (χ4v) is 4.21. The molecule has 2 atom stereocenters. The van der Waals surface area contributed by atoms with Crippen LogP contribution in [-0.2, 0) is 9.53 Å². The van der Waals surface area contributed by atoms with E-state index in [-0.39, 0.29) is 36.7 Å². The maximum Gasteiger partial charge on any atom is 0.306 e.